The zero-order valence-corrected chi connectivity index (χ0v) is 10.6. The van der Waals surface area contributed by atoms with Crippen LogP contribution in [-0.2, 0) is 11.3 Å². The first-order chi connectivity index (χ1) is 8.84. The maximum atomic E-state index is 12.0. The van der Waals surface area contributed by atoms with Gasteiger partial charge in [0.25, 0.3) is 0 Å². The fourth-order valence-electron chi connectivity index (χ4n) is 2.75. The Hall–Kier alpha value is -1.68. The topological polar surface area (TPSA) is 25.2 Å². The van der Waals surface area contributed by atoms with E-state index in [1.54, 1.807) is 11.8 Å². The summed E-state index contributed by atoms with van der Waals surface area (Å²) in [5, 5.41) is 0.167. The van der Waals surface area contributed by atoms with Gasteiger partial charge in [-0.25, -0.2) is 0 Å². The highest BCUT2D eigenvalue weighted by Gasteiger charge is 2.36. The number of fused-ring (bicyclic) bond motifs is 5. The van der Waals surface area contributed by atoms with Crippen LogP contribution in [0.15, 0.2) is 42.6 Å². The number of rotatable bonds is 0. The molecule has 4 rings (SSSR count). The number of carbonyl (C=O) groups excluding carboxylic acids is 1. The predicted molar refractivity (Wildman–Crippen MR) is 71.5 cm³/mol. The molecule has 1 atom stereocenters. The summed E-state index contributed by atoms with van der Waals surface area (Å²) >= 11 is 1.72. The van der Waals surface area contributed by atoms with Gasteiger partial charge in [-0.05, 0) is 23.8 Å². The van der Waals surface area contributed by atoms with Crippen molar-refractivity contribution in [3.05, 3.63) is 53.9 Å². The van der Waals surface area contributed by atoms with Crippen LogP contribution in [0.1, 0.15) is 16.6 Å². The number of nitrogens with zero attached hydrogens (tertiary/aromatic N) is 2. The minimum atomic E-state index is 0.167. The number of hydrogen-bond donors (Lipinski definition) is 0. The molecule has 0 aliphatic carbocycles. The molecule has 0 spiro atoms. The zero-order valence-electron chi connectivity index (χ0n) is 9.74. The largest absolute Gasteiger partial charge is 0.320 e. The Morgan fingerprint density at radius 3 is 3.00 bits per heavy atom. The van der Waals surface area contributed by atoms with Crippen LogP contribution in [0.4, 0.5) is 0 Å². The second-order valence-electron chi connectivity index (χ2n) is 4.62. The Labute approximate surface area is 109 Å². The van der Waals surface area contributed by atoms with Crippen molar-refractivity contribution in [2.45, 2.75) is 11.9 Å². The van der Waals surface area contributed by atoms with E-state index in [2.05, 4.69) is 35.0 Å². The van der Waals surface area contributed by atoms with Gasteiger partial charge in [0.2, 0.25) is 5.91 Å². The summed E-state index contributed by atoms with van der Waals surface area (Å²) in [5.74, 6) is 0.840. The number of thioether (sulfide) groups is 1. The summed E-state index contributed by atoms with van der Waals surface area (Å²) in [5.41, 5.74) is 3.62. The Morgan fingerprint density at radius 1 is 1.17 bits per heavy atom. The lowest BCUT2D eigenvalue weighted by molar-refractivity contribution is -0.128. The third kappa shape index (κ3) is 1.29. The van der Waals surface area contributed by atoms with Crippen LogP contribution in [0.25, 0.3) is 5.69 Å². The molecule has 2 aliphatic rings. The number of benzene rings is 1. The van der Waals surface area contributed by atoms with E-state index in [1.807, 2.05) is 17.0 Å². The summed E-state index contributed by atoms with van der Waals surface area (Å²) in [4.78, 5) is 14.0. The van der Waals surface area contributed by atoms with Crippen LogP contribution in [0.5, 0.6) is 0 Å². The smallest absolute Gasteiger partial charge is 0.234 e. The van der Waals surface area contributed by atoms with Crippen LogP contribution >= 0.6 is 11.8 Å². The van der Waals surface area contributed by atoms with Crippen LogP contribution in [0.2, 0.25) is 0 Å². The molecule has 4 heteroatoms. The van der Waals surface area contributed by atoms with Crippen molar-refractivity contribution in [1.82, 2.24) is 9.47 Å². The fourth-order valence-corrected chi connectivity index (χ4v) is 3.95. The first kappa shape index (κ1) is 10.3. The van der Waals surface area contributed by atoms with Gasteiger partial charge < -0.3 is 9.47 Å². The maximum Gasteiger partial charge on any atom is 0.234 e. The molecule has 1 aromatic carbocycles. The molecule has 3 heterocycles. The monoisotopic (exact) mass is 256 g/mol. The Bertz CT molecular complexity index is 634. The molecule has 2 aromatic rings. The fraction of sp³-hybridized carbons (Fsp3) is 0.214. The molecule has 3 nitrogen and oxygen atoms in total. The van der Waals surface area contributed by atoms with Gasteiger partial charge in [-0.15, -0.1) is 11.8 Å². The number of para-hydroxylation sites is 1. The third-order valence-corrected chi connectivity index (χ3v) is 4.82. The van der Waals surface area contributed by atoms with E-state index >= 15 is 0 Å². The van der Waals surface area contributed by atoms with Crippen LogP contribution in [0, 0.1) is 0 Å². The molecule has 1 fully saturated rings. The molecule has 0 radical (unpaired) electrons. The van der Waals surface area contributed by atoms with Crippen LogP contribution in [0.3, 0.4) is 0 Å². The van der Waals surface area contributed by atoms with Gasteiger partial charge >= 0.3 is 0 Å². The van der Waals surface area contributed by atoms with E-state index in [4.69, 9.17) is 0 Å². The molecule has 90 valence electrons. The first-order valence-electron chi connectivity index (χ1n) is 6.01. The van der Waals surface area contributed by atoms with E-state index in [9.17, 15) is 4.79 Å². The molecule has 0 saturated carbocycles. The summed E-state index contributed by atoms with van der Waals surface area (Å²) in [6.45, 7) is 0.717. The van der Waals surface area contributed by atoms with Crippen molar-refractivity contribution in [2.75, 3.05) is 5.75 Å². The molecular formula is C14H12N2OS. The highest BCUT2D eigenvalue weighted by Crippen LogP contribution is 2.43. The van der Waals surface area contributed by atoms with Gasteiger partial charge in [0.15, 0.2) is 0 Å². The average molecular weight is 256 g/mol. The van der Waals surface area contributed by atoms with E-state index in [0.29, 0.717) is 12.3 Å². The lowest BCUT2D eigenvalue weighted by Gasteiger charge is -2.21. The normalized spacial score (nSPS) is 21.2. The molecule has 1 saturated heterocycles. The van der Waals surface area contributed by atoms with Gasteiger partial charge in [-0.2, -0.15) is 0 Å². The zero-order chi connectivity index (χ0) is 12.1. The van der Waals surface area contributed by atoms with Gasteiger partial charge in [-0.1, -0.05) is 18.2 Å². The summed E-state index contributed by atoms with van der Waals surface area (Å²) in [6.07, 6.45) is 2.08. The van der Waals surface area contributed by atoms with Crippen molar-refractivity contribution in [1.29, 1.82) is 0 Å². The minimum Gasteiger partial charge on any atom is -0.320 e. The van der Waals surface area contributed by atoms with E-state index in [-0.39, 0.29) is 11.3 Å². The van der Waals surface area contributed by atoms with Gasteiger partial charge in [0.05, 0.1) is 17.1 Å². The molecular weight excluding hydrogens is 244 g/mol. The van der Waals surface area contributed by atoms with E-state index < -0.39 is 0 Å². The molecule has 2 aliphatic heterocycles. The molecule has 1 amide bonds. The number of carbonyl (C=O) groups is 1. The van der Waals surface area contributed by atoms with Crippen molar-refractivity contribution < 1.29 is 4.79 Å². The first-order valence-corrected chi connectivity index (χ1v) is 7.06. The Kier molecular flexibility index (Phi) is 2.08. The molecule has 18 heavy (non-hydrogen) atoms. The van der Waals surface area contributed by atoms with Crippen molar-refractivity contribution in [2.24, 2.45) is 0 Å². The van der Waals surface area contributed by atoms with Gasteiger partial charge in [-0.3, -0.25) is 4.79 Å². The molecule has 0 N–H and O–H groups in total. The molecule has 1 aromatic heterocycles. The quantitative estimate of drug-likeness (QED) is 0.724. The Morgan fingerprint density at radius 2 is 2.06 bits per heavy atom. The lowest BCUT2D eigenvalue weighted by atomic mass is 10.1. The SMILES string of the molecule is O=C1CS[C@@H]2c3cccn3-c3ccccc3CN12. The summed E-state index contributed by atoms with van der Waals surface area (Å²) in [7, 11) is 0. The number of hydrogen-bond acceptors (Lipinski definition) is 2. The van der Waals surface area contributed by atoms with Crippen LogP contribution < -0.4 is 0 Å². The predicted octanol–water partition coefficient (Wildman–Crippen LogP) is 2.56. The van der Waals surface area contributed by atoms with Gasteiger partial charge in [0, 0.05) is 12.7 Å². The van der Waals surface area contributed by atoms with Crippen molar-refractivity contribution in [3.8, 4) is 5.69 Å². The van der Waals surface area contributed by atoms with Gasteiger partial charge in [0.1, 0.15) is 5.37 Å². The third-order valence-electron chi connectivity index (χ3n) is 3.59. The highest BCUT2D eigenvalue weighted by molar-refractivity contribution is 8.00. The maximum absolute atomic E-state index is 12.0. The molecule has 0 unspecified atom stereocenters. The minimum absolute atomic E-state index is 0.167. The van der Waals surface area contributed by atoms with E-state index in [1.165, 1.54) is 16.9 Å². The Balaban J connectivity index is 1.98. The lowest BCUT2D eigenvalue weighted by Crippen LogP contribution is -2.26. The second kappa shape index (κ2) is 3.65. The second-order valence-corrected chi connectivity index (χ2v) is 5.69. The molecule has 0 bridgehead atoms. The van der Waals surface area contributed by atoms with Crippen molar-refractivity contribution >= 4 is 17.7 Å². The summed E-state index contributed by atoms with van der Waals surface area (Å²) in [6, 6.07) is 12.5. The number of aromatic nitrogens is 1. The average Bonchev–Trinajstić information content (AvgIpc) is 2.96. The van der Waals surface area contributed by atoms with Crippen molar-refractivity contribution in [3.63, 3.8) is 0 Å². The van der Waals surface area contributed by atoms with Crippen LogP contribution in [-0.4, -0.2) is 21.1 Å². The number of amides is 1. The van der Waals surface area contributed by atoms with E-state index in [0.717, 1.165) is 0 Å². The highest BCUT2D eigenvalue weighted by atomic mass is 32.2. The standard InChI is InChI=1S/C14H12N2OS/c17-13-9-18-14-12-6-3-7-15(12)11-5-2-1-4-10(11)8-16(13)14/h1-7,14H,8-9H2/t14-/m1/s1. The summed E-state index contributed by atoms with van der Waals surface area (Å²) < 4.78 is 2.21.